The van der Waals surface area contributed by atoms with Crippen LogP contribution in [0.1, 0.15) is 15.9 Å². The highest BCUT2D eigenvalue weighted by atomic mass is 19.3. The van der Waals surface area contributed by atoms with Gasteiger partial charge in [0.1, 0.15) is 11.5 Å². The third-order valence-electron chi connectivity index (χ3n) is 3.17. The summed E-state index contributed by atoms with van der Waals surface area (Å²) in [5.74, 6) is -0.478. The fourth-order valence-corrected chi connectivity index (χ4v) is 2.07. The predicted octanol–water partition coefficient (Wildman–Crippen LogP) is 3.86. The summed E-state index contributed by atoms with van der Waals surface area (Å²) < 4.78 is 56.9. The maximum Gasteiger partial charge on any atom is 0.387 e. The van der Waals surface area contributed by atoms with Crippen molar-refractivity contribution in [2.24, 2.45) is 0 Å². The van der Waals surface area contributed by atoms with E-state index >= 15 is 0 Å². The first-order chi connectivity index (χ1) is 11.9. The first-order valence-electron chi connectivity index (χ1n) is 7.31. The summed E-state index contributed by atoms with van der Waals surface area (Å²) in [6.45, 7) is -5.56. The monoisotopic (exact) mass is 357 g/mol. The molecule has 0 radical (unpaired) electrons. The fraction of sp³-hybridized carbons (Fsp3) is 0.235. The Kier molecular flexibility index (Phi) is 6.62. The van der Waals surface area contributed by atoms with E-state index in [1.165, 1.54) is 36.4 Å². The van der Waals surface area contributed by atoms with E-state index in [-0.39, 0.29) is 23.6 Å². The second-order valence-corrected chi connectivity index (χ2v) is 4.93. The fourth-order valence-electron chi connectivity index (χ4n) is 2.07. The highest BCUT2D eigenvalue weighted by Gasteiger charge is 2.09. The first kappa shape index (κ1) is 18.6. The summed E-state index contributed by atoms with van der Waals surface area (Å²) in [5.41, 5.74) is 1.01. The van der Waals surface area contributed by atoms with Crippen LogP contribution in [0.4, 0.5) is 17.6 Å². The Morgan fingerprint density at radius 3 is 2.20 bits per heavy atom. The van der Waals surface area contributed by atoms with Crippen LogP contribution >= 0.6 is 0 Å². The predicted molar refractivity (Wildman–Crippen MR) is 82.2 cm³/mol. The van der Waals surface area contributed by atoms with Crippen molar-refractivity contribution in [1.82, 2.24) is 5.32 Å². The number of hydrogen-bond donors (Lipinski definition) is 1. The van der Waals surface area contributed by atoms with E-state index in [1.54, 1.807) is 12.1 Å². The van der Waals surface area contributed by atoms with E-state index in [0.717, 1.165) is 5.56 Å². The average Bonchev–Trinajstić information content (AvgIpc) is 2.55. The molecule has 0 bridgehead atoms. The molecule has 2 rings (SSSR count). The molecule has 0 aliphatic carbocycles. The zero-order valence-electron chi connectivity index (χ0n) is 12.9. The standard InChI is InChI=1S/C17H15F4NO3/c18-16(19)24-13-6-4-11(5-7-13)8-9-22-15(23)12-2-1-3-14(10-12)25-17(20)21/h1-7,10,16-17H,8-9H2,(H,22,23). The number of amides is 1. The van der Waals surface area contributed by atoms with Crippen LogP contribution in [0.25, 0.3) is 0 Å². The van der Waals surface area contributed by atoms with E-state index in [4.69, 9.17) is 0 Å². The molecular weight excluding hydrogens is 342 g/mol. The van der Waals surface area contributed by atoms with Crippen molar-refractivity contribution >= 4 is 5.91 Å². The maximum absolute atomic E-state index is 12.2. The maximum atomic E-state index is 12.2. The van der Waals surface area contributed by atoms with E-state index in [9.17, 15) is 22.4 Å². The number of rotatable bonds is 8. The minimum Gasteiger partial charge on any atom is -0.435 e. The van der Waals surface area contributed by atoms with Gasteiger partial charge in [-0.25, -0.2) is 0 Å². The molecule has 25 heavy (non-hydrogen) atoms. The van der Waals surface area contributed by atoms with Gasteiger partial charge in [0.15, 0.2) is 0 Å². The minimum atomic E-state index is -2.96. The number of ether oxygens (including phenoxy) is 2. The molecule has 0 unspecified atom stereocenters. The van der Waals surface area contributed by atoms with Crippen molar-refractivity contribution in [3.63, 3.8) is 0 Å². The summed E-state index contributed by atoms with van der Waals surface area (Å²) in [7, 11) is 0. The lowest BCUT2D eigenvalue weighted by Crippen LogP contribution is -2.25. The van der Waals surface area contributed by atoms with Gasteiger partial charge in [0.05, 0.1) is 0 Å². The number of carbonyl (C=O) groups excluding carboxylic acids is 1. The van der Waals surface area contributed by atoms with Gasteiger partial charge in [0.25, 0.3) is 5.91 Å². The Morgan fingerprint density at radius 2 is 1.56 bits per heavy atom. The zero-order valence-corrected chi connectivity index (χ0v) is 12.9. The summed E-state index contributed by atoms with van der Waals surface area (Å²) in [4.78, 5) is 12.0. The lowest BCUT2D eigenvalue weighted by molar-refractivity contribution is -0.0505. The molecule has 1 amide bonds. The van der Waals surface area contributed by atoms with Crippen molar-refractivity contribution in [2.45, 2.75) is 19.6 Å². The number of nitrogens with one attached hydrogen (secondary N) is 1. The van der Waals surface area contributed by atoms with Crippen LogP contribution in [0, 0.1) is 0 Å². The van der Waals surface area contributed by atoms with Crippen LogP contribution in [-0.2, 0) is 6.42 Å². The van der Waals surface area contributed by atoms with Crippen molar-refractivity contribution in [3.8, 4) is 11.5 Å². The Hall–Kier alpha value is -2.77. The molecule has 0 spiro atoms. The molecule has 0 aromatic heterocycles. The molecule has 0 aliphatic heterocycles. The van der Waals surface area contributed by atoms with Crippen LogP contribution in [0.5, 0.6) is 11.5 Å². The lowest BCUT2D eigenvalue weighted by atomic mass is 10.1. The topological polar surface area (TPSA) is 47.6 Å². The van der Waals surface area contributed by atoms with Crippen molar-refractivity contribution in [3.05, 3.63) is 59.7 Å². The molecule has 0 heterocycles. The smallest absolute Gasteiger partial charge is 0.387 e. The van der Waals surface area contributed by atoms with E-state index in [0.29, 0.717) is 6.42 Å². The SMILES string of the molecule is O=C(NCCc1ccc(OC(F)F)cc1)c1cccc(OC(F)F)c1. The Bertz CT molecular complexity index is 693. The lowest BCUT2D eigenvalue weighted by Gasteiger charge is -2.09. The van der Waals surface area contributed by atoms with Gasteiger partial charge in [0, 0.05) is 12.1 Å². The molecule has 0 atom stereocenters. The van der Waals surface area contributed by atoms with Crippen molar-refractivity contribution in [1.29, 1.82) is 0 Å². The van der Waals surface area contributed by atoms with Crippen LogP contribution in [0.3, 0.4) is 0 Å². The van der Waals surface area contributed by atoms with Crippen LogP contribution in [-0.4, -0.2) is 25.7 Å². The summed E-state index contributed by atoms with van der Waals surface area (Å²) in [5, 5.41) is 2.64. The number of alkyl halides is 4. The summed E-state index contributed by atoms with van der Waals surface area (Å²) >= 11 is 0. The third-order valence-corrected chi connectivity index (χ3v) is 3.17. The third kappa shape index (κ3) is 6.33. The van der Waals surface area contributed by atoms with Gasteiger partial charge in [0.2, 0.25) is 0 Å². The number of halogens is 4. The number of carbonyl (C=O) groups is 1. The second kappa shape index (κ2) is 8.91. The molecule has 0 saturated carbocycles. The molecule has 0 saturated heterocycles. The highest BCUT2D eigenvalue weighted by molar-refractivity contribution is 5.94. The number of hydrogen-bond acceptors (Lipinski definition) is 3. The van der Waals surface area contributed by atoms with Gasteiger partial charge in [-0.1, -0.05) is 18.2 Å². The van der Waals surface area contributed by atoms with Crippen LogP contribution in [0.2, 0.25) is 0 Å². The molecule has 2 aromatic carbocycles. The van der Waals surface area contributed by atoms with Crippen molar-refractivity contribution < 1.29 is 31.8 Å². The highest BCUT2D eigenvalue weighted by Crippen LogP contribution is 2.16. The van der Waals surface area contributed by atoms with Crippen LogP contribution in [0.15, 0.2) is 48.5 Å². The quantitative estimate of drug-likeness (QED) is 0.730. The Morgan fingerprint density at radius 1 is 0.920 bits per heavy atom. The zero-order chi connectivity index (χ0) is 18.2. The normalized spacial score (nSPS) is 10.8. The summed E-state index contributed by atoms with van der Waals surface area (Å²) in [6, 6.07) is 11.5. The minimum absolute atomic E-state index is 0.0543. The second-order valence-electron chi connectivity index (χ2n) is 4.93. The van der Waals surface area contributed by atoms with E-state index in [1.807, 2.05) is 0 Å². The van der Waals surface area contributed by atoms with Crippen molar-refractivity contribution in [2.75, 3.05) is 6.54 Å². The van der Waals surface area contributed by atoms with Gasteiger partial charge >= 0.3 is 13.2 Å². The molecule has 0 aliphatic rings. The van der Waals surface area contributed by atoms with Gasteiger partial charge in [-0.15, -0.1) is 0 Å². The molecule has 4 nitrogen and oxygen atoms in total. The molecule has 2 aromatic rings. The first-order valence-corrected chi connectivity index (χ1v) is 7.31. The molecule has 1 N–H and O–H groups in total. The van der Waals surface area contributed by atoms with Crippen LogP contribution < -0.4 is 14.8 Å². The molecular formula is C17H15F4NO3. The molecule has 0 fully saturated rings. The Labute approximate surface area is 141 Å². The van der Waals surface area contributed by atoms with E-state index in [2.05, 4.69) is 14.8 Å². The van der Waals surface area contributed by atoms with Gasteiger partial charge < -0.3 is 14.8 Å². The molecule has 134 valence electrons. The average molecular weight is 357 g/mol. The largest absolute Gasteiger partial charge is 0.435 e. The Balaban J connectivity index is 1.84. The number of benzene rings is 2. The van der Waals surface area contributed by atoms with Gasteiger partial charge in [-0.05, 0) is 42.3 Å². The van der Waals surface area contributed by atoms with E-state index < -0.39 is 19.1 Å². The summed E-state index contributed by atoms with van der Waals surface area (Å²) in [6.07, 6.45) is 0.466. The van der Waals surface area contributed by atoms with Gasteiger partial charge in [-0.3, -0.25) is 4.79 Å². The molecule has 8 heteroatoms. The van der Waals surface area contributed by atoms with Gasteiger partial charge in [-0.2, -0.15) is 17.6 Å².